The van der Waals surface area contributed by atoms with E-state index in [1.807, 2.05) is 61.6 Å². The zero-order valence-corrected chi connectivity index (χ0v) is 26.6. The molecular formula is C32H47N3O9S. The van der Waals surface area contributed by atoms with Crippen molar-refractivity contribution in [2.75, 3.05) is 12.3 Å². The molecule has 0 heterocycles. The van der Waals surface area contributed by atoms with E-state index in [2.05, 4.69) is 10.6 Å². The van der Waals surface area contributed by atoms with Crippen LogP contribution in [0.2, 0.25) is 0 Å². The van der Waals surface area contributed by atoms with Crippen molar-refractivity contribution in [1.29, 1.82) is 0 Å². The summed E-state index contributed by atoms with van der Waals surface area (Å²) in [5.74, 6) is -4.65. The molecule has 0 bridgehead atoms. The molecule has 0 spiro atoms. The lowest BCUT2D eigenvalue weighted by Gasteiger charge is -2.20. The Morgan fingerprint density at radius 3 is 2.04 bits per heavy atom. The molecule has 12 nitrogen and oxygen atoms in total. The quantitative estimate of drug-likeness (QED) is 0.0746. The number of nitrogens with one attached hydrogen (secondary N) is 2. The molecule has 0 aliphatic heterocycles. The van der Waals surface area contributed by atoms with Gasteiger partial charge in [-0.25, -0.2) is 0 Å². The molecule has 0 aromatic carbocycles. The first-order valence-electron chi connectivity index (χ1n) is 14.8. The summed E-state index contributed by atoms with van der Waals surface area (Å²) in [6.07, 6.45) is 22.6. The molecule has 7 N–H and O–H groups in total. The fourth-order valence-electron chi connectivity index (χ4n) is 3.51. The smallest absolute Gasteiger partial charge is 0.322 e. The largest absolute Gasteiger partial charge is 0.481 e. The average molecular weight is 650 g/mol. The van der Waals surface area contributed by atoms with Gasteiger partial charge in [0.2, 0.25) is 11.8 Å². The van der Waals surface area contributed by atoms with Crippen LogP contribution in [0.15, 0.2) is 60.8 Å². The van der Waals surface area contributed by atoms with Gasteiger partial charge in [-0.05, 0) is 38.5 Å². The summed E-state index contributed by atoms with van der Waals surface area (Å²) in [7, 11) is 0. The fraction of sp³-hybridized carbons (Fsp3) is 0.500. The van der Waals surface area contributed by atoms with Crippen LogP contribution in [0.3, 0.4) is 0 Å². The van der Waals surface area contributed by atoms with Crippen LogP contribution >= 0.6 is 11.8 Å². The minimum Gasteiger partial charge on any atom is -0.481 e. The Morgan fingerprint density at radius 2 is 1.42 bits per heavy atom. The molecule has 250 valence electrons. The van der Waals surface area contributed by atoms with Crippen LogP contribution in [0, 0.1) is 0 Å². The number of hydrogen-bond acceptors (Lipinski definition) is 8. The van der Waals surface area contributed by atoms with Crippen molar-refractivity contribution in [3.63, 3.8) is 0 Å². The van der Waals surface area contributed by atoms with Gasteiger partial charge in [0.25, 0.3) is 0 Å². The van der Waals surface area contributed by atoms with Crippen molar-refractivity contribution < 1.29 is 44.1 Å². The second kappa shape index (κ2) is 26.4. The molecule has 0 aromatic heterocycles. The second-order valence-electron chi connectivity index (χ2n) is 9.90. The molecule has 1 unspecified atom stereocenters. The number of aliphatic carboxylic acids is 3. The van der Waals surface area contributed by atoms with Gasteiger partial charge in [-0.1, -0.05) is 67.7 Å². The number of carbonyl (C=O) groups is 6. The molecular weight excluding hydrogens is 602 g/mol. The maximum atomic E-state index is 12.8. The third kappa shape index (κ3) is 25.1. The molecule has 2 amide bonds. The highest BCUT2D eigenvalue weighted by molar-refractivity contribution is 8.00. The lowest BCUT2D eigenvalue weighted by molar-refractivity contribution is -0.139. The van der Waals surface area contributed by atoms with Crippen LogP contribution in [0.25, 0.3) is 0 Å². The van der Waals surface area contributed by atoms with E-state index in [1.54, 1.807) is 6.08 Å². The fourth-order valence-corrected chi connectivity index (χ4v) is 4.71. The van der Waals surface area contributed by atoms with E-state index in [4.69, 9.17) is 21.1 Å². The van der Waals surface area contributed by atoms with Crippen molar-refractivity contribution in [3.05, 3.63) is 60.8 Å². The first-order chi connectivity index (χ1) is 21.5. The van der Waals surface area contributed by atoms with Crippen molar-refractivity contribution in [2.24, 2.45) is 5.73 Å². The van der Waals surface area contributed by atoms with Gasteiger partial charge in [-0.2, -0.15) is 11.8 Å². The second-order valence-corrected chi connectivity index (χ2v) is 11.2. The maximum Gasteiger partial charge on any atom is 0.322 e. The third-order valence-electron chi connectivity index (χ3n) is 5.91. The van der Waals surface area contributed by atoms with Gasteiger partial charge in [0.1, 0.15) is 24.4 Å². The Kier molecular flexibility index (Phi) is 24.1. The molecule has 0 aromatic rings. The molecule has 0 fully saturated rings. The number of carbonyl (C=O) groups excluding carboxylic acids is 3. The van der Waals surface area contributed by atoms with Crippen molar-refractivity contribution in [1.82, 2.24) is 10.6 Å². The zero-order chi connectivity index (χ0) is 33.9. The Balaban J connectivity index is 5.21. The minimum absolute atomic E-state index is 0.0265. The maximum absolute atomic E-state index is 12.8. The van der Waals surface area contributed by atoms with E-state index < -0.39 is 48.4 Å². The Bertz CT molecular complexity index is 1100. The standard InChI is InChI=1S/C32H47N3O9S/c1-2-3-4-10-14-17-25(21-24(36)16-13-11-8-6-5-7-9-12-15-18-29(38)39)45-23-27(31(42)34-22-30(40)41)35-28(37)20-19-26(33)32(43)44/h3-6,9,11-14,17,25-27H,2,7-8,10,15-16,18-23,33H2,1H3,(H,34,42)(H,35,37)(H,38,39)(H,40,41)(H,43,44)/b4-3-,6-5-,12-9-,13-11-,17-14-/t25?,26-,27-/m0/s1. The molecule has 0 radical (unpaired) electrons. The summed E-state index contributed by atoms with van der Waals surface area (Å²) < 4.78 is 0. The van der Waals surface area contributed by atoms with Crippen LogP contribution in [0.1, 0.15) is 71.1 Å². The number of amides is 2. The number of thioether (sulfide) groups is 1. The summed E-state index contributed by atoms with van der Waals surface area (Å²) in [5, 5.41) is 30.9. The number of ketones is 1. The highest BCUT2D eigenvalue weighted by Gasteiger charge is 2.24. The van der Waals surface area contributed by atoms with E-state index in [1.165, 1.54) is 11.8 Å². The molecule has 13 heteroatoms. The van der Waals surface area contributed by atoms with E-state index >= 15 is 0 Å². The molecule has 3 atom stereocenters. The lowest BCUT2D eigenvalue weighted by atomic mass is 10.1. The average Bonchev–Trinajstić information content (AvgIpc) is 2.98. The normalized spacial score (nSPS) is 13.9. The van der Waals surface area contributed by atoms with Gasteiger partial charge in [0.05, 0.1) is 0 Å². The SMILES string of the molecule is CC/C=C\C/C=C\C(CC(=O)C/C=C\C/C=C\C/C=C\CCC(=O)O)SC[C@H](NC(=O)CC[C@H](N)C(=O)O)C(=O)NCC(=O)O. The molecule has 0 aliphatic carbocycles. The van der Waals surface area contributed by atoms with Crippen LogP contribution < -0.4 is 16.4 Å². The van der Waals surface area contributed by atoms with E-state index in [9.17, 15) is 28.8 Å². The van der Waals surface area contributed by atoms with E-state index in [0.29, 0.717) is 25.7 Å². The van der Waals surface area contributed by atoms with Crippen molar-refractivity contribution >= 4 is 47.3 Å². The zero-order valence-electron chi connectivity index (χ0n) is 25.8. The first kappa shape index (κ1) is 41.0. The molecule has 45 heavy (non-hydrogen) atoms. The van der Waals surface area contributed by atoms with Crippen molar-refractivity contribution in [3.8, 4) is 0 Å². The van der Waals surface area contributed by atoms with Crippen LogP contribution in [0.4, 0.5) is 0 Å². The van der Waals surface area contributed by atoms with Crippen LogP contribution in [0.5, 0.6) is 0 Å². The summed E-state index contributed by atoms with van der Waals surface area (Å²) in [4.78, 5) is 70.2. The number of carboxylic acids is 3. The third-order valence-corrected chi connectivity index (χ3v) is 7.19. The minimum atomic E-state index is -1.26. The highest BCUT2D eigenvalue weighted by atomic mass is 32.2. The molecule has 0 saturated carbocycles. The molecule has 0 rings (SSSR count). The molecule has 0 saturated heterocycles. The topological polar surface area (TPSA) is 213 Å². The number of allylic oxidation sites excluding steroid dienone is 9. The summed E-state index contributed by atoms with van der Waals surface area (Å²) in [6.45, 7) is 1.37. The molecule has 0 aliphatic rings. The number of rotatable bonds is 26. The van der Waals surface area contributed by atoms with Crippen molar-refractivity contribution in [2.45, 2.75) is 88.5 Å². The summed E-state index contributed by atoms with van der Waals surface area (Å²) in [6, 6.07) is -2.36. The van der Waals surface area contributed by atoms with Gasteiger partial charge in [-0.15, -0.1) is 0 Å². The number of nitrogens with two attached hydrogens (primary N) is 1. The Morgan fingerprint density at radius 1 is 0.800 bits per heavy atom. The Hall–Kier alpha value is -3.97. The van der Waals surface area contributed by atoms with E-state index in [-0.39, 0.29) is 48.9 Å². The highest BCUT2D eigenvalue weighted by Crippen LogP contribution is 2.20. The first-order valence-corrected chi connectivity index (χ1v) is 15.9. The predicted molar refractivity (Wildman–Crippen MR) is 175 cm³/mol. The number of Topliss-reactive ketones (excluding diaryl/α,β-unsaturated/α-hetero) is 1. The van der Waals surface area contributed by atoms with Gasteiger partial charge in [-0.3, -0.25) is 28.8 Å². The lowest BCUT2D eigenvalue weighted by Crippen LogP contribution is -2.49. The summed E-state index contributed by atoms with van der Waals surface area (Å²) >= 11 is 1.27. The Labute approximate surface area is 269 Å². The predicted octanol–water partition coefficient (Wildman–Crippen LogP) is 3.54. The van der Waals surface area contributed by atoms with E-state index in [0.717, 1.165) is 6.42 Å². The monoisotopic (exact) mass is 649 g/mol. The van der Waals surface area contributed by atoms with Gasteiger partial charge < -0.3 is 31.7 Å². The van der Waals surface area contributed by atoms with Crippen LogP contribution in [-0.4, -0.2) is 80.5 Å². The van der Waals surface area contributed by atoms with Gasteiger partial charge in [0.15, 0.2) is 0 Å². The number of hydrogen-bond donors (Lipinski definition) is 6. The number of carboxylic acid groups (broad SMARTS) is 3. The van der Waals surface area contributed by atoms with Gasteiger partial charge in [0, 0.05) is 36.7 Å². The summed E-state index contributed by atoms with van der Waals surface area (Å²) in [5.41, 5.74) is 5.45. The van der Waals surface area contributed by atoms with Crippen LogP contribution in [-0.2, 0) is 28.8 Å². The van der Waals surface area contributed by atoms with Gasteiger partial charge >= 0.3 is 17.9 Å².